The molecule has 3 rings (SSSR count). The number of aryl methyl sites for hydroxylation is 1. The van der Waals surface area contributed by atoms with Crippen LogP contribution >= 0.6 is 0 Å². The van der Waals surface area contributed by atoms with Gasteiger partial charge in [-0.3, -0.25) is 14.9 Å². The molecule has 1 aliphatic rings. The summed E-state index contributed by atoms with van der Waals surface area (Å²) in [6.45, 7) is 1.92. The van der Waals surface area contributed by atoms with Crippen LogP contribution in [0.25, 0.3) is 0 Å². The van der Waals surface area contributed by atoms with Crippen LogP contribution in [0.3, 0.4) is 0 Å². The molecule has 0 saturated carbocycles. The number of rotatable bonds is 1. The van der Waals surface area contributed by atoms with E-state index in [0.29, 0.717) is 17.0 Å². The summed E-state index contributed by atoms with van der Waals surface area (Å²) in [4.78, 5) is 24.3. The van der Waals surface area contributed by atoms with Crippen LogP contribution in [0, 0.1) is 17.0 Å². The van der Waals surface area contributed by atoms with Gasteiger partial charge < -0.3 is 9.64 Å². The predicted molar refractivity (Wildman–Crippen MR) is 77.1 cm³/mol. The molecule has 0 saturated heterocycles. The number of ether oxygens (including phenoxy) is 1. The second-order valence-electron chi connectivity index (χ2n) is 4.87. The highest BCUT2D eigenvalue weighted by Gasteiger charge is 2.27. The topological polar surface area (TPSA) is 72.7 Å². The smallest absolute Gasteiger partial charge is 0.273 e. The van der Waals surface area contributed by atoms with Gasteiger partial charge in [0.25, 0.3) is 11.6 Å². The standard InChI is InChI=1S/C15H12N2O4/c1-9-3-6-13-12(7-9)16(2)15(18)11-5-4-10(17(19)20)8-14(11)21-13/h3-8H,1-2H3. The molecule has 6 heteroatoms. The molecule has 0 aliphatic carbocycles. The van der Waals surface area contributed by atoms with E-state index in [0.717, 1.165) is 5.56 Å². The molecule has 106 valence electrons. The van der Waals surface area contributed by atoms with Gasteiger partial charge in [0, 0.05) is 13.1 Å². The maximum absolute atomic E-state index is 12.5. The molecule has 0 N–H and O–H groups in total. The first-order chi connectivity index (χ1) is 9.97. The van der Waals surface area contributed by atoms with Crippen molar-refractivity contribution in [3.63, 3.8) is 0 Å². The highest BCUT2D eigenvalue weighted by molar-refractivity contribution is 6.09. The Morgan fingerprint density at radius 2 is 1.90 bits per heavy atom. The molecule has 0 fully saturated rings. The Morgan fingerprint density at radius 1 is 1.14 bits per heavy atom. The van der Waals surface area contributed by atoms with Gasteiger partial charge in [-0.2, -0.15) is 0 Å². The Morgan fingerprint density at radius 3 is 2.62 bits per heavy atom. The van der Waals surface area contributed by atoms with Gasteiger partial charge in [0.15, 0.2) is 5.75 Å². The maximum Gasteiger partial charge on any atom is 0.273 e. The number of nitrogens with zero attached hydrogens (tertiary/aromatic N) is 2. The predicted octanol–water partition coefficient (Wildman–Crippen LogP) is 3.29. The van der Waals surface area contributed by atoms with Crippen molar-refractivity contribution in [1.29, 1.82) is 0 Å². The highest BCUT2D eigenvalue weighted by Crippen LogP contribution is 2.39. The molecule has 0 spiro atoms. The summed E-state index contributed by atoms with van der Waals surface area (Å²) in [7, 11) is 1.65. The zero-order chi connectivity index (χ0) is 15.1. The Hall–Kier alpha value is -2.89. The SMILES string of the molecule is Cc1ccc2c(c1)N(C)C(=O)c1ccc([N+](=O)[O-])cc1O2. The number of hydrogen-bond acceptors (Lipinski definition) is 4. The number of amides is 1. The third-order valence-electron chi connectivity index (χ3n) is 3.41. The van der Waals surface area contributed by atoms with E-state index in [1.54, 1.807) is 13.1 Å². The van der Waals surface area contributed by atoms with Crippen LogP contribution in [0.2, 0.25) is 0 Å². The molecule has 1 amide bonds. The van der Waals surface area contributed by atoms with Crippen LogP contribution in [0.5, 0.6) is 11.5 Å². The van der Waals surface area contributed by atoms with Crippen molar-refractivity contribution in [3.05, 3.63) is 57.6 Å². The fraction of sp³-hybridized carbons (Fsp3) is 0.133. The van der Waals surface area contributed by atoms with Gasteiger partial charge >= 0.3 is 0 Å². The van der Waals surface area contributed by atoms with E-state index in [1.807, 2.05) is 19.1 Å². The van der Waals surface area contributed by atoms with E-state index >= 15 is 0 Å². The first kappa shape index (κ1) is 13.1. The van der Waals surface area contributed by atoms with E-state index in [4.69, 9.17) is 4.74 Å². The number of nitro groups is 1. The number of nitro benzene ring substituents is 1. The van der Waals surface area contributed by atoms with Crippen molar-refractivity contribution in [2.24, 2.45) is 0 Å². The quantitative estimate of drug-likeness (QED) is 0.595. The van der Waals surface area contributed by atoms with Crippen molar-refractivity contribution < 1.29 is 14.5 Å². The second-order valence-corrected chi connectivity index (χ2v) is 4.87. The first-order valence-electron chi connectivity index (χ1n) is 6.32. The van der Waals surface area contributed by atoms with E-state index < -0.39 is 4.92 Å². The second kappa shape index (κ2) is 4.59. The Bertz CT molecular complexity index is 770. The third-order valence-corrected chi connectivity index (χ3v) is 3.41. The molecule has 0 bridgehead atoms. The van der Waals surface area contributed by atoms with E-state index in [-0.39, 0.29) is 17.3 Å². The van der Waals surface area contributed by atoms with E-state index in [9.17, 15) is 14.9 Å². The molecule has 0 radical (unpaired) electrons. The van der Waals surface area contributed by atoms with Crippen molar-refractivity contribution in [1.82, 2.24) is 0 Å². The molecule has 21 heavy (non-hydrogen) atoms. The fourth-order valence-corrected chi connectivity index (χ4v) is 2.27. The monoisotopic (exact) mass is 284 g/mol. The van der Waals surface area contributed by atoms with Crippen molar-refractivity contribution in [2.45, 2.75) is 6.92 Å². The summed E-state index contributed by atoms with van der Waals surface area (Å²) in [5.74, 6) is 0.434. The average molecular weight is 284 g/mol. The van der Waals surface area contributed by atoms with Gasteiger partial charge in [0.05, 0.1) is 22.2 Å². The zero-order valence-corrected chi connectivity index (χ0v) is 11.5. The van der Waals surface area contributed by atoms with Crippen molar-refractivity contribution in [2.75, 3.05) is 11.9 Å². The van der Waals surface area contributed by atoms with Crippen LogP contribution in [-0.4, -0.2) is 17.9 Å². The largest absolute Gasteiger partial charge is 0.454 e. The van der Waals surface area contributed by atoms with Crippen LogP contribution in [0.1, 0.15) is 15.9 Å². The number of non-ortho nitro benzene ring substituents is 1. The lowest BCUT2D eigenvalue weighted by Gasteiger charge is -2.16. The molecule has 1 aliphatic heterocycles. The first-order valence-corrected chi connectivity index (χ1v) is 6.32. The Balaban J connectivity index is 2.20. The fourth-order valence-electron chi connectivity index (χ4n) is 2.27. The molecular formula is C15H12N2O4. The third kappa shape index (κ3) is 2.10. The molecule has 2 aromatic rings. The Kier molecular flexibility index (Phi) is 2.86. The van der Waals surface area contributed by atoms with E-state index in [1.165, 1.54) is 23.1 Å². The van der Waals surface area contributed by atoms with Gasteiger partial charge in [-0.15, -0.1) is 0 Å². The molecule has 6 nitrogen and oxygen atoms in total. The minimum absolute atomic E-state index is 0.111. The van der Waals surface area contributed by atoms with Gasteiger partial charge in [-0.25, -0.2) is 0 Å². The van der Waals surface area contributed by atoms with Crippen LogP contribution in [-0.2, 0) is 0 Å². The minimum atomic E-state index is -0.515. The lowest BCUT2D eigenvalue weighted by atomic mass is 10.1. The van der Waals surface area contributed by atoms with Gasteiger partial charge in [-0.1, -0.05) is 6.07 Å². The molecule has 1 heterocycles. The normalized spacial score (nSPS) is 13.0. The van der Waals surface area contributed by atoms with Crippen LogP contribution in [0.15, 0.2) is 36.4 Å². The lowest BCUT2D eigenvalue weighted by molar-refractivity contribution is -0.384. The van der Waals surface area contributed by atoms with Gasteiger partial charge in [0.2, 0.25) is 0 Å². The molecule has 0 atom stereocenters. The highest BCUT2D eigenvalue weighted by atomic mass is 16.6. The summed E-state index contributed by atoms with van der Waals surface area (Å²) in [5.41, 5.74) is 1.82. The Labute approximate surface area is 120 Å². The van der Waals surface area contributed by atoms with Gasteiger partial charge in [0.1, 0.15) is 5.75 Å². The summed E-state index contributed by atoms with van der Waals surface area (Å²) < 4.78 is 5.72. The van der Waals surface area contributed by atoms with Crippen molar-refractivity contribution >= 4 is 17.3 Å². The zero-order valence-electron chi connectivity index (χ0n) is 11.5. The number of carbonyl (C=O) groups excluding carboxylic acids is 1. The average Bonchev–Trinajstić information content (AvgIpc) is 2.56. The van der Waals surface area contributed by atoms with Crippen molar-refractivity contribution in [3.8, 4) is 11.5 Å². The minimum Gasteiger partial charge on any atom is -0.454 e. The maximum atomic E-state index is 12.5. The van der Waals surface area contributed by atoms with Crippen LogP contribution in [0.4, 0.5) is 11.4 Å². The number of carbonyl (C=O) groups is 1. The summed E-state index contributed by atoms with van der Waals surface area (Å²) in [6.07, 6.45) is 0. The molecule has 2 aromatic carbocycles. The van der Waals surface area contributed by atoms with E-state index in [2.05, 4.69) is 0 Å². The molecular weight excluding hydrogens is 272 g/mol. The number of anilines is 1. The summed E-state index contributed by atoms with van der Waals surface area (Å²) in [5, 5.41) is 10.9. The summed E-state index contributed by atoms with van der Waals surface area (Å²) in [6, 6.07) is 9.45. The number of fused-ring (bicyclic) bond motifs is 2. The van der Waals surface area contributed by atoms with Gasteiger partial charge in [-0.05, 0) is 30.7 Å². The molecule has 0 aromatic heterocycles. The lowest BCUT2D eigenvalue weighted by Crippen LogP contribution is -2.25. The van der Waals surface area contributed by atoms with Crippen LogP contribution < -0.4 is 9.64 Å². The number of hydrogen-bond donors (Lipinski definition) is 0. The number of benzene rings is 2. The molecule has 0 unspecified atom stereocenters. The summed E-state index contributed by atoms with van der Waals surface area (Å²) >= 11 is 0.